The molecule has 0 spiro atoms. The van der Waals surface area contributed by atoms with Crippen molar-refractivity contribution in [1.29, 1.82) is 0 Å². The first-order chi connectivity index (χ1) is 15.6. The Bertz CT molecular complexity index is 1080. The smallest absolute Gasteiger partial charge is 0.274 e. The summed E-state index contributed by atoms with van der Waals surface area (Å²) in [6, 6.07) is 3.85. The van der Waals surface area contributed by atoms with Crippen molar-refractivity contribution in [3.05, 3.63) is 23.3 Å². The minimum Gasteiger partial charge on any atom is -0.496 e. The maximum absolute atomic E-state index is 13.3. The summed E-state index contributed by atoms with van der Waals surface area (Å²) in [5, 5.41) is 4.94. The number of methoxy groups -OCH3 is 2. The fourth-order valence-electron chi connectivity index (χ4n) is 5.78. The number of nitrogens with zero attached hydrogens (tertiary/aromatic N) is 2. The molecule has 3 aliphatic heterocycles. The van der Waals surface area contributed by atoms with Crippen LogP contribution in [0.4, 0.5) is 0 Å². The summed E-state index contributed by atoms with van der Waals surface area (Å²) in [6.07, 6.45) is 3.60. The molecule has 33 heavy (non-hydrogen) atoms. The number of nitrogens with two attached hydrogens (primary N) is 1. The highest BCUT2D eigenvalue weighted by molar-refractivity contribution is 7.89. The molecule has 12 heteroatoms. The van der Waals surface area contributed by atoms with Crippen LogP contribution in [-0.4, -0.2) is 78.2 Å². The lowest BCUT2D eigenvalue weighted by molar-refractivity contribution is 0.0207. The predicted octanol–water partition coefficient (Wildman–Crippen LogP) is 0.600. The molecule has 3 N–H and O–H groups in total. The summed E-state index contributed by atoms with van der Waals surface area (Å²) in [5.74, 6) is 1.84. The molecule has 3 atom stereocenters. The van der Waals surface area contributed by atoms with Crippen LogP contribution in [0.2, 0.25) is 0 Å². The third-order valence-corrected chi connectivity index (χ3v) is 9.76. The Balaban J connectivity index is 1.57. The predicted molar refractivity (Wildman–Crippen MR) is 125 cm³/mol. The van der Waals surface area contributed by atoms with Crippen LogP contribution in [0.3, 0.4) is 0 Å². The molecule has 3 aliphatic rings. The van der Waals surface area contributed by atoms with E-state index in [9.17, 15) is 16.8 Å². The van der Waals surface area contributed by atoms with E-state index in [4.69, 9.17) is 14.6 Å². The molecule has 2 saturated heterocycles. The van der Waals surface area contributed by atoms with E-state index in [-0.39, 0.29) is 36.7 Å². The largest absolute Gasteiger partial charge is 0.496 e. The Morgan fingerprint density at radius 3 is 2.55 bits per heavy atom. The van der Waals surface area contributed by atoms with Crippen LogP contribution in [0.1, 0.15) is 42.9 Å². The first-order valence-electron chi connectivity index (χ1n) is 11.4. The SMILES string of the molecule is COc1ccc(OC)c2c1CCN1C[C@H]3CCCN(S(=O)(=O)CCCNS(N)(=O)=O)[C@H]3C[C@@H]21. The van der Waals surface area contributed by atoms with Crippen molar-refractivity contribution >= 4 is 20.2 Å². The van der Waals surface area contributed by atoms with Crippen LogP contribution in [0.25, 0.3) is 0 Å². The molecule has 0 aromatic heterocycles. The van der Waals surface area contributed by atoms with Crippen LogP contribution in [0.15, 0.2) is 12.1 Å². The molecule has 4 rings (SSSR count). The Kier molecular flexibility index (Phi) is 7.23. The highest BCUT2D eigenvalue weighted by Gasteiger charge is 2.46. The molecule has 0 saturated carbocycles. The average molecular weight is 503 g/mol. The van der Waals surface area contributed by atoms with E-state index in [0.717, 1.165) is 55.0 Å². The zero-order valence-corrected chi connectivity index (χ0v) is 20.8. The monoisotopic (exact) mass is 502 g/mol. The minimum atomic E-state index is -3.83. The highest BCUT2D eigenvalue weighted by Crippen LogP contribution is 2.48. The summed E-state index contributed by atoms with van der Waals surface area (Å²) < 4.78 is 63.8. The second kappa shape index (κ2) is 9.67. The molecule has 2 fully saturated rings. The Labute approximate surface area is 196 Å². The number of piperidine rings is 2. The van der Waals surface area contributed by atoms with Gasteiger partial charge in [0.15, 0.2) is 0 Å². The number of fused-ring (bicyclic) bond motifs is 4. The minimum absolute atomic E-state index is 0.000764. The van der Waals surface area contributed by atoms with Crippen molar-refractivity contribution in [1.82, 2.24) is 13.9 Å². The van der Waals surface area contributed by atoms with Gasteiger partial charge in [0.1, 0.15) is 11.5 Å². The first-order valence-corrected chi connectivity index (χ1v) is 14.5. The second-order valence-electron chi connectivity index (χ2n) is 9.05. The summed E-state index contributed by atoms with van der Waals surface area (Å²) in [7, 11) is -4.02. The maximum Gasteiger partial charge on any atom is 0.274 e. The van der Waals surface area contributed by atoms with Gasteiger partial charge in [-0.05, 0) is 50.2 Å². The average Bonchev–Trinajstić information content (AvgIpc) is 2.78. The van der Waals surface area contributed by atoms with E-state index in [2.05, 4.69) is 9.62 Å². The standard InChI is InChI=1S/C21H34N4O6S2/c1-30-19-6-7-20(31-2)21-16(19)8-11-24-14-15-5-3-10-25(17(15)13-18(21)24)32(26,27)12-4-9-23-33(22,28)29/h6-7,15,17-18,23H,3-5,8-14H2,1-2H3,(H2,22,28,29)/t15-,17+,18+/m1/s1. The zero-order valence-electron chi connectivity index (χ0n) is 19.2. The molecule has 1 aromatic rings. The zero-order chi connectivity index (χ0) is 23.8. The molecule has 0 bridgehead atoms. The summed E-state index contributed by atoms with van der Waals surface area (Å²) in [5.41, 5.74) is 2.26. The molecule has 1 aromatic carbocycles. The van der Waals surface area contributed by atoms with Gasteiger partial charge in [-0.2, -0.15) is 12.7 Å². The topological polar surface area (TPSA) is 131 Å². The lowest BCUT2D eigenvalue weighted by atomic mass is 9.77. The first kappa shape index (κ1) is 24.7. The number of ether oxygens (including phenoxy) is 2. The van der Waals surface area contributed by atoms with Crippen LogP contribution >= 0.6 is 0 Å². The summed E-state index contributed by atoms with van der Waals surface area (Å²) in [6.45, 7) is 2.27. The summed E-state index contributed by atoms with van der Waals surface area (Å²) in [4.78, 5) is 2.47. The number of nitrogens with one attached hydrogen (secondary N) is 1. The molecule has 0 unspecified atom stereocenters. The van der Waals surface area contributed by atoms with E-state index < -0.39 is 20.2 Å². The van der Waals surface area contributed by atoms with Gasteiger partial charge in [-0.1, -0.05) is 0 Å². The van der Waals surface area contributed by atoms with Crippen molar-refractivity contribution in [2.45, 2.75) is 44.2 Å². The molecular weight excluding hydrogens is 468 g/mol. The molecular formula is C21H34N4O6S2. The van der Waals surface area contributed by atoms with Gasteiger partial charge in [0.2, 0.25) is 10.0 Å². The summed E-state index contributed by atoms with van der Waals surface area (Å²) >= 11 is 0. The van der Waals surface area contributed by atoms with E-state index in [1.165, 1.54) is 0 Å². The lowest BCUT2D eigenvalue weighted by Crippen LogP contribution is -2.57. The van der Waals surface area contributed by atoms with Gasteiger partial charge in [-0.25, -0.2) is 18.3 Å². The van der Waals surface area contributed by atoms with Crippen LogP contribution in [0.5, 0.6) is 11.5 Å². The van der Waals surface area contributed by atoms with Gasteiger partial charge in [0.25, 0.3) is 10.2 Å². The second-order valence-corrected chi connectivity index (χ2v) is 12.5. The van der Waals surface area contributed by atoms with Crippen molar-refractivity contribution in [2.24, 2.45) is 11.1 Å². The van der Waals surface area contributed by atoms with Crippen LogP contribution in [0, 0.1) is 5.92 Å². The van der Waals surface area contributed by atoms with Gasteiger partial charge < -0.3 is 9.47 Å². The van der Waals surface area contributed by atoms with Gasteiger partial charge in [0, 0.05) is 49.4 Å². The Morgan fingerprint density at radius 1 is 1.12 bits per heavy atom. The Morgan fingerprint density at radius 2 is 1.85 bits per heavy atom. The van der Waals surface area contributed by atoms with Crippen LogP contribution < -0.4 is 19.3 Å². The third kappa shape index (κ3) is 5.15. The van der Waals surface area contributed by atoms with Crippen molar-refractivity contribution in [3.8, 4) is 11.5 Å². The van der Waals surface area contributed by atoms with Crippen molar-refractivity contribution in [3.63, 3.8) is 0 Å². The number of rotatable bonds is 8. The normalized spacial score (nSPS) is 26.2. The molecule has 0 radical (unpaired) electrons. The fraction of sp³-hybridized carbons (Fsp3) is 0.714. The quantitative estimate of drug-likeness (QED) is 0.498. The maximum atomic E-state index is 13.3. The van der Waals surface area contributed by atoms with Crippen molar-refractivity contribution < 1.29 is 26.3 Å². The lowest BCUT2D eigenvalue weighted by Gasteiger charge is -2.52. The molecule has 0 amide bonds. The van der Waals surface area contributed by atoms with E-state index in [1.54, 1.807) is 18.5 Å². The van der Waals surface area contributed by atoms with E-state index in [1.807, 2.05) is 12.1 Å². The third-order valence-electron chi connectivity index (χ3n) is 7.18. The highest BCUT2D eigenvalue weighted by atomic mass is 32.2. The van der Waals surface area contributed by atoms with Crippen LogP contribution in [-0.2, 0) is 26.7 Å². The molecule has 0 aliphatic carbocycles. The van der Waals surface area contributed by atoms with Gasteiger partial charge >= 0.3 is 0 Å². The number of hydrogen-bond donors (Lipinski definition) is 2. The van der Waals surface area contributed by atoms with Gasteiger partial charge in [-0.15, -0.1) is 0 Å². The van der Waals surface area contributed by atoms with Gasteiger partial charge in [-0.3, -0.25) is 4.90 Å². The fourth-order valence-corrected chi connectivity index (χ4v) is 8.03. The van der Waals surface area contributed by atoms with E-state index in [0.29, 0.717) is 13.0 Å². The van der Waals surface area contributed by atoms with Crippen molar-refractivity contribution in [2.75, 3.05) is 46.2 Å². The number of hydrogen-bond acceptors (Lipinski definition) is 7. The molecule has 3 heterocycles. The Hall–Kier alpha value is -1.44. The van der Waals surface area contributed by atoms with Gasteiger partial charge in [0.05, 0.1) is 20.0 Å². The number of benzene rings is 1. The molecule has 186 valence electrons. The number of sulfonamides is 1. The molecule has 10 nitrogen and oxygen atoms in total. The van der Waals surface area contributed by atoms with E-state index >= 15 is 0 Å².